The lowest BCUT2D eigenvalue weighted by atomic mass is 10.0. The third-order valence-corrected chi connectivity index (χ3v) is 5.78. The first-order valence-electron chi connectivity index (χ1n) is 11.1. The fraction of sp³-hybridized carbons (Fsp3) is 0.435. The highest BCUT2D eigenvalue weighted by molar-refractivity contribution is 5.93. The van der Waals surface area contributed by atoms with Gasteiger partial charge < -0.3 is 15.0 Å². The smallest absolute Gasteiger partial charge is 0.414 e. The van der Waals surface area contributed by atoms with Gasteiger partial charge in [0.05, 0.1) is 31.9 Å². The number of carbonyl (C=O) groups excluding carboxylic acids is 3. The van der Waals surface area contributed by atoms with Crippen LogP contribution >= 0.6 is 0 Å². The van der Waals surface area contributed by atoms with Crippen LogP contribution in [0.1, 0.15) is 19.8 Å². The summed E-state index contributed by atoms with van der Waals surface area (Å²) in [6.45, 7) is 2.08. The summed E-state index contributed by atoms with van der Waals surface area (Å²) >= 11 is 0. The van der Waals surface area contributed by atoms with Crippen LogP contribution in [0.25, 0.3) is 0 Å². The lowest BCUT2D eigenvalue weighted by Crippen LogP contribution is -2.36. The van der Waals surface area contributed by atoms with Gasteiger partial charge in [-0.2, -0.15) is 0 Å². The van der Waals surface area contributed by atoms with Crippen LogP contribution in [0, 0.1) is 11.6 Å². The summed E-state index contributed by atoms with van der Waals surface area (Å²) < 4.78 is 35.3. The molecule has 1 N–H and O–H groups in total. The normalized spacial score (nSPS) is 20.7. The SMILES string of the molecule is CC(=O)NCC1CN(c2cc(F)c(N3CCON(C(=O)C4=CC=CCC4)CC3)c(F)c2)C(=O)O1. The highest BCUT2D eigenvalue weighted by Gasteiger charge is 2.34. The third-order valence-electron chi connectivity index (χ3n) is 5.78. The molecule has 34 heavy (non-hydrogen) atoms. The van der Waals surface area contributed by atoms with Crippen molar-refractivity contribution in [2.24, 2.45) is 0 Å². The van der Waals surface area contributed by atoms with Gasteiger partial charge in [0.25, 0.3) is 5.91 Å². The summed E-state index contributed by atoms with van der Waals surface area (Å²) in [5.41, 5.74) is 0.407. The maximum absolute atomic E-state index is 15.1. The van der Waals surface area contributed by atoms with E-state index in [1.165, 1.54) is 16.9 Å². The second-order valence-corrected chi connectivity index (χ2v) is 8.20. The minimum Gasteiger partial charge on any atom is -0.442 e. The van der Waals surface area contributed by atoms with Gasteiger partial charge in [0.1, 0.15) is 11.8 Å². The van der Waals surface area contributed by atoms with Crippen molar-refractivity contribution >= 4 is 29.3 Å². The van der Waals surface area contributed by atoms with E-state index in [9.17, 15) is 14.4 Å². The Labute approximate surface area is 195 Å². The Morgan fingerprint density at radius 3 is 2.62 bits per heavy atom. The molecule has 0 bridgehead atoms. The Bertz CT molecular complexity index is 1020. The van der Waals surface area contributed by atoms with Gasteiger partial charge in [0.2, 0.25) is 5.91 Å². The molecule has 4 rings (SSSR count). The molecular weight excluding hydrogens is 450 g/mol. The molecule has 1 aromatic carbocycles. The number of hydrogen-bond acceptors (Lipinski definition) is 6. The second-order valence-electron chi connectivity index (χ2n) is 8.20. The maximum Gasteiger partial charge on any atom is 0.414 e. The Hall–Kier alpha value is -3.47. The number of hydroxylamine groups is 2. The fourth-order valence-electron chi connectivity index (χ4n) is 4.08. The monoisotopic (exact) mass is 476 g/mol. The molecule has 2 saturated heterocycles. The Morgan fingerprint density at radius 1 is 1.18 bits per heavy atom. The van der Waals surface area contributed by atoms with E-state index in [0.717, 1.165) is 23.5 Å². The zero-order valence-corrected chi connectivity index (χ0v) is 18.8. The number of hydrogen-bond donors (Lipinski definition) is 1. The van der Waals surface area contributed by atoms with Gasteiger partial charge in [-0.05, 0) is 12.8 Å². The van der Waals surface area contributed by atoms with Crippen LogP contribution in [0.4, 0.5) is 25.0 Å². The molecule has 0 radical (unpaired) electrons. The van der Waals surface area contributed by atoms with Crippen LogP contribution in [0.5, 0.6) is 0 Å². The number of nitrogens with one attached hydrogen (secondary N) is 1. The van der Waals surface area contributed by atoms with Gasteiger partial charge in [0.15, 0.2) is 11.6 Å². The molecule has 2 heterocycles. The maximum atomic E-state index is 15.1. The second kappa shape index (κ2) is 10.2. The van der Waals surface area contributed by atoms with Gasteiger partial charge in [0, 0.05) is 37.7 Å². The fourth-order valence-corrected chi connectivity index (χ4v) is 4.08. The molecule has 1 aromatic rings. The van der Waals surface area contributed by atoms with E-state index in [1.54, 1.807) is 6.08 Å². The number of amides is 3. The van der Waals surface area contributed by atoms with Crippen LogP contribution in [0.15, 0.2) is 35.9 Å². The summed E-state index contributed by atoms with van der Waals surface area (Å²) in [6, 6.07) is 2.16. The largest absolute Gasteiger partial charge is 0.442 e. The number of anilines is 2. The van der Waals surface area contributed by atoms with Crippen LogP contribution in [0.3, 0.4) is 0 Å². The summed E-state index contributed by atoms with van der Waals surface area (Å²) in [4.78, 5) is 44.1. The van der Waals surface area contributed by atoms with E-state index in [4.69, 9.17) is 9.57 Å². The summed E-state index contributed by atoms with van der Waals surface area (Å²) in [5.74, 6) is -2.20. The molecule has 3 amide bonds. The van der Waals surface area contributed by atoms with Gasteiger partial charge in [-0.15, -0.1) is 0 Å². The average molecular weight is 476 g/mol. The van der Waals surface area contributed by atoms with E-state index in [1.807, 2.05) is 12.2 Å². The van der Waals surface area contributed by atoms with Gasteiger partial charge in [-0.1, -0.05) is 18.2 Å². The van der Waals surface area contributed by atoms with E-state index >= 15 is 8.78 Å². The molecular formula is C23H26F2N4O5. The number of halogens is 2. The van der Waals surface area contributed by atoms with E-state index in [0.29, 0.717) is 12.0 Å². The number of allylic oxidation sites excluding steroid dienone is 3. The van der Waals surface area contributed by atoms with E-state index in [2.05, 4.69) is 5.32 Å². The third kappa shape index (κ3) is 5.19. The zero-order valence-electron chi connectivity index (χ0n) is 18.8. The summed E-state index contributed by atoms with van der Waals surface area (Å²) in [7, 11) is 0. The Morgan fingerprint density at radius 2 is 1.94 bits per heavy atom. The van der Waals surface area contributed by atoms with Crippen molar-refractivity contribution in [3.8, 4) is 0 Å². The molecule has 0 aromatic heterocycles. The van der Waals surface area contributed by atoms with E-state index in [-0.39, 0.29) is 62.5 Å². The first-order valence-corrected chi connectivity index (χ1v) is 11.1. The number of benzene rings is 1. The quantitative estimate of drug-likeness (QED) is 0.701. The summed E-state index contributed by atoms with van der Waals surface area (Å²) in [5, 5.41) is 3.79. The Kier molecular flexibility index (Phi) is 7.11. The predicted molar refractivity (Wildman–Crippen MR) is 119 cm³/mol. The molecule has 1 atom stereocenters. The molecule has 2 fully saturated rings. The van der Waals surface area contributed by atoms with Crippen LogP contribution in [-0.4, -0.2) is 68.4 Å². The van der Waals surface area contributed by atoms with Crippen LogP contribution in [0.2, 0.25) is 0 Å². The van der Waals surface area contributed by atoms with Gasteiger partial charge in [-0.25, -0.2) is 18.6 Å². The van der Waals surface area contributed by atoms with Crippen molar-refractivity contribution in [2.75, 3.05) is 49.1 Å². The summed E-state index contributed by atoms with van der Waals surface area (Å²) in [6.07, 6.45) is 5.58. The number of nitrogens with zero attached hydrogens (tertiary/aromatic N) is 3. The van der Waals surface area contributed by atoms with Crippen molar-refractivity contribution in [1.29, 1.82) is 0 Å². The molecule has 2 aliphatic heterocycles. The molecule has 1 aliphatic carbocycles. The molecule has 0 saturated carbocycles. The molecule has 182 valence electrons. The molecule has 0 spiro atoms. The molecule has 3 aliphatic rings. The minimum absolute atomic E-state index is 0.0224. The standard InChI is InChI=1S/C23H26F2N4O5/c1-15(30)26-13-18-14-28(23(32)34-18)17-11-19(24)21(20(25)12-17)27-7-8-29(33-10-9-27)22(31)16-5-3-2-4-6-16/h2-3,5,11-12,18H,4,6-10,13-14H2,1H3,(H,26,30). The average Bonchev–Trinajstić information content (AvgIpc) is 3.02. The minimum atomic E-state index is -0.840. The number of rotatable bonds is 5. The predicted octanol–water partition coefficient (Wildman–Crippen LogP) is 2.28. The van der Waals surface area contributed by atoms with Gasteiger partial charge >= 0.3 is 6.09 Å². The lowest BCUT2D eigenvalue weighted by molar-refractivity contribution is -0.177. The van der Waals surface area contributed by atoms with Gasteiger partial charge in [-0.3, -0.25) is 19.3 Å². The molecule has 1 unspecified atom stereocenters. The first kappa shape index (κ1) is 23.7. The molecule has 11 heteroatoms. The van der Waals surface area contributed by atoms with Crippen LogP contribution in [-0.2, 0) is 19.2 Å². The zero-order chi connectivity index (χ0) is 24.2. The highest BCUT2D eigenvalue weighted by Crippen LogP contribution is 2.31. The lowest BCUT2D eigenvalue weighted by Gasteiger charge is -2.25. The number of carbonyl (C=O) groups is 3. The number of ether oxygens (including phenoxy) is 1. The van der Waals surface area contributed by atoms with Crippen molar-refractivity contribution < 1.29 is 32.7 Å². The highest BCUT2D eigenvalue weighted by atomic mass is 19.1. The van der Waals surface area contributed by atoms with Crippen molar-refractivity contribution in [3.63, 3.8) is 0 Å². The topological polar surface area (TPSA) is 91.4 Å². The van der Waals surface area contributed by atoms with Crippen molar-refractivity contribution in [3.05, 3.63) is 47.6 Å². The Balaban J connectivity index is 1.44. The van der Waals surface area contributed by atoms with Crippen molar-refractivity contribution in [1.82, 2.24) is 10.4 Å². The van der Waals surface area contributed by atoms with Crippen molar-refractivity contribution in [2.45, 2.75) is 25.9 Å². The van der Waals surface area contributed by atoms with E-state index < -0.39 is 23.8 Å². The number of cyclic esters (lactones) is 1. The molecule has 9 nitrogen and oxygen atoms in total. The van der Waals surface area contributed by atoms with Crippen LogP contribution < -0.4 is 15.1 Å². The first-order chi connectivity index (χ1) is 16.3.